The van der Waals surface area contributed by atoms with Gasteiger partial charge in [0.1, 0.15) is 0 Å². The monoisotopic (exact) mass is 271 g/mol. The van der Waals surface area contributed by atoms with Crippen LogP contribution in [0.4, 0.5) is 0 Å². The standard InChI is InChI=1S/C13H11N3S.C2H6/c1-2-7-12-11(6-1)15-13(16-12)17-9-10-5-3-4-8-14-10;1-2/h1-8H,9H2,(H,15,16);1-2H3. The molecular formula is C15H17N3S. The van der Waals surface area contributed by atoms with Gasteiger partial charge in [0.25, 0.3) is 0 Å². The fourth-order valence-corrected chi connectivity index (χ4v) is 2.42. The number of imidazole rings is 1. The highest BCUT2D eigenvalue weighted by Crippen LogP contribution is 2.21. The molecule has 0 spiro atoms. The van der Waals surface area contributed by atoms with E-state index < -0.39 is 0 Å². The van der Waals surface area contributed by atoms with Crippen molar-refractivity contribution in [3.05, 3.63) is 54.4 Å². The zero-order valence-corrected chi connectivity index (χ0v) is 11.9. The minimum absolute atomic E-state index is 0.834. The molecule has 0 unspecified atom stereocenters. The molecule has 0 radical (unpaired) electrons. The summed E-state index contributed by atoms with van der Waals surface area (Å²) in [5.41, 5.74) is 3.16. The topological polar surface area (TPSA) is 41.6 Å². The fraction of sp³-hybridized carbons (Fsp3) is 0.200. The second-order valence-electron chi connectivity index (χ2n) is 3.67. The van der Waals surface area contributed by atoms with Crippen LogP contribution in [0.1, 0.15) is 19.5 Å². The number of rotatable bonds is 3. The van der Waals surface area contributed by atoms with Crippen molar-refractivity contribution in [1.29, 1.82) is 0 Å². The number of hydrogen-bond acceptors (Lipinski definition) is 3. The van der Waals surface area contributed by atoms with Gasteiger partial charge in [-0.25, -0.2) is 4.98 Å². The van der Waals surface area contributed by atoms with Gasteiger partial charge in [-0.05, 0) is 24.3 Å². The molecule has 3 rings (SSSR count). The molecule has 3 nitrogen and oxygen atoms in total. The Bertz CT molecular complexity index is 586. The van der Waals surface area contributed by atoms with E-state index in [1.807, 2.05) is 62.5 Å². The van der Waals surface area contributed by atoms with Crippen LogP contribution < -0.4 is 0 Å². The van der Waals surface area contributed by atoms with Gasteiger partial charge >= 0.3 is 0 Å². The van der Waals surface area contributed by atoms with Crippen LogP contribution >= 0.6 is 11.8 Å². The van der Waals surface area contributed by atoms with Crippen LogP contribution in [0, 0.1) is 0 Å². The molecule has 3 aromatic rings. The lowest BCUT2D eigenvalue weighted by atomic mass is 10.3. The van der Waals surface area contributed by atoms with Gasteiger partial charge in [0.05, 0.1) is 16.7 Å². The van der Waals surface area contributed by atoms with Crippen molar-refractivity contribution in [3.63, 3.8) is 0 Å². The predicted octanol–water partition coefficient (Wildman–Crippen LogP) is 4.28. The van der Waals surface area contributed by atoms with Crippen molar-refractivity contribution in [2.24, 2.45) is 0 Å². The van der Waals surface area contributed by atoms with Crippen LogP contribution in [0.5, 0.6) is 0 Å². The Morgan fingerprint density at radius 1 is 1.05 bits per heavy atom. The molecule has 98 valence electrons. The summed E-state index contributed by atoms with van der Waals surface area (Å²) in [6, 6.07) is 14.0. The number of benzene rings is 1. The lowest BCUT2D eigenvalue weighted by Gasteiger charge is -1.96. The van der Waals surface area contributed by atoms with Crippen molar-refractivity contribution < 1.29 is 0 Å². The maximum atomic E-state index is 4.51. The highest BCUT2D eigenvalue weighted by atomic mass is 32.2. The molecule has 0 aliphatic heterocycles. The second kappa shape index (κ2) is 6.95. The zero-order valence-electron chi connectivity index (χ0n) is 11.1. The number of nitrogens with one attached hydrogen (secondary N) is 1. The van der Waals surface area contributed by atoms with Crippen LogP contribution in [0.2, 0.25) is 0 Å². The molecule has 0 saturated carbocycles. The van der Waals surface area contributed by atoms with Gasteiger partial charge < -0.3 is 4.98 Å². The molecule has 2 heterocycles. The molecule has 0 amide bonds. The average Bonchev–Trinajstić information content (AvgIpc) is 2.91. The molecule has 4 heteroatoms. The Morgan fingerprint density at radius 3 is 2.58 bits per heavy atom. The van der Waals surface area contributed by atoms with E-state index in [2.05, 4.69) is 15.0 Å². The highest BCUT2D eigenvalue weighted by molar-refractivity contribution is 7.98. The quantitative estimate of drug-likeness (QED) is 0.723. The lowest BCUT2D eigenvalue weighted by molar-refractivity contribution is 1.07. The SMILES string of the molecule is CC.c1ccc(CSc2nc3ccccc3[nH]2)nc1. The smallest absolute Gasteiger partial charge is 0.166 e. The Hall–Kier alpha value is -1.81. The zero-order chi connectivity index (χ0) is 13.5. The second-order valence-corrected chi connectivity index (χ2v) is 4.63. The first-order valence-electron chi connectivity index (χ1n) is 6.39. The number of nitrogens with zero attached hydrogens (tertiary/aromatic N) is 2. The third-order valence-corrected chi connectivity index (χ3v) is 3.36. The molecule has 0 fully saturated rings. The van der Waals surface area contributed by atoms with Gasteiger partial charge in [-0.1, -0.05) is 43.8 Å². The largest absolute Gasteiger partial charge is 0.333 e. The van der Waals surface area contributed by atoms with Gasteiger partial charge in [-0.15, -0.1) is 0 Å². The molecule has 0 atom stereocenters. The number of para-hydroxylation sites is 2. The van der Waals surface area contributed by atoms with Crippen LogP contribution in [0.25, 0.3) is 11.0 Å². The molecule has 0 saturated heterocycles. The molecule has 0 aliphatic rings. The minimum atomic E-state index is 0.834. The van der Waals surface area contributed by atoms with Gasteiger partial charge in [0.15, 0.2) is 5.16 Å². The third kappa shape index (κ3) is 3.58. The Morgan fingerprint density at radius 2 is 1.84 bits per heavy atom. The molecule has 1 aromatic carbocycles. The number of thioether (sulfide) groups is 1. The number of aromatic amines is 1. The maximum Gasteiger partial charge on any atom is 0.166 e. The highest BCUT2D eigenvalue weighted by Gasteiger charge is 2.02. The first-order chi connectivity index (χ1) is 9.42. The number of H-pyrrole nitrogens is 1. The van der Waals surface area contributed by atoms with E-state index in [9.17, 15) is 0 Å². The minimum Gasteiger partial charge on any atom is -0.333 e. The van der Waals surface area contributed by atoms with Crippen molar-refractivity contribution >= 4 is 22.8 Å². The average molecular weight is 271 g/mol. The van der Waals surface area contributed by atoms with Crippen molar-refractivity contribution in [2.45, 2.75) is 24.8 Å². The summed E-state index contributed by atoms with van der Waals surface area (Å²) in [6.45, 7) is 4.00. The van der Waals surface area contributed by atoms with Crippen LogP contribution in [0.3, 0.4) is 0 Å². The summed E-state index contributed by atoms with van der Waals surface area (Å²) in [7, 11) is 0. The van der Waals surface area contributed by atoms with E-state index in [1.54, 1.807) is 11.8 Å². The Balaban J connectivity index is 0.000000637. The molecule has 19 heavy (non-hydrogen) atoms. The normalized spacial score (nSPS) is 10.0. The number of pyridine rings is 1. The van der Waals surface area contributed by atoms with Crippen LogP contribution in [-0.4, -0.2) is 15.0 Å². The van der Waals surface area contributed by atoms with E-state index in [0.717, 1.165) is 27.6 Å². The van der Waals surface area contributed by atoms with Gasteiger partial charge in [0.2, 0.25) is 0 Å². The number of aromatic nitrogens is 3. The van der Waals surface area contributed by atoms with E-state index in [-0.39, 0.29) is 0 Å². The summed E-state index contributed by atoms with van der Waals surface area (Å²) in [5, 5.41) is 0.942. The van der Waals surface area contributed by atoms with E-state index in [1.165, 1.54) is 0 Å². The summed E-state index contributed by atoms with van der Waals surface area (Å²) < 4.78 is 0. The molecule has 2 aromatic heterocycles. The molecule has 0 bridgehead atoms. The first-order valence-corrected chi connectivity index (χ1v) is 7.38. The fourth-order valence-electron chi connectivity index (χ4n) is 1.62. The lowest BCUT2D eigenvalue weighted by Crippen LogP contribution is -1.85. The Kier molecular flexibility index (Phi) is 4.98. The van der Waals surface area contributed by atoms with Gasteiger partial charge in [-0.3, -0.25) is 4.98 Å². The van der Waals surface area contributed by atoms with E-state index in [0.29, 0.717) is 0 Å². The first kappa shape index (κ1) is 13.6. The molecule has 0 aliphatic carbocycles. The van der Waals surface area contributed by atoms with Gasteiger partial charge in [-0.2, -0.15) is 0 Å². The van der Waals surface area contributed by atoms with Crippen LogP contribution in [-0.2, 0) is 5.75 Å². The van der Waals surface area contributed by atoms with E-state index in [4.69, 9.17) is 0 Å². The van der Waals surface area contributed by atoms with E-state index >= 15 is 0 Å². The van der Waals surface area contributed by atoms with Crippen LogP contribution in [0.15, 0.2) is 53.8 Å². The van der Waals surface area contributed by atoms with Crippen molar-refractivity contribution in [3.8, 4) is 0 Å². The molecule has 1 N–H and O–H groups in total. The van der Waals surface area contributed by atoms with Gasteiger partial charge in [0, 0.05) is 11.9 Å². The summed E-state index contributed by atoms with van der Waals surface area (Å²) >= 11 is 1.67. The Labute approximate surface area is 117 Å². The maximum absolute atomic E-state index is 4.51. The summed E-state index contributed by atoms with van der Waals surface area (Å²) in [4.78, 5) is 12.1. The predicted molar refractivity (Wildman–Crippen MR) is 81.2 cm³/mol. The summed E-state index contributed by atoms with van der Waals surface area (Å²) in [6.07, 6.45) is 1.81. The molecular weight excluding hydrogens is 254 g/mol. The van der Waals surface area contributed by atoms with Crippen molar-refractivity contribution in [1.82, 2.24) is 15.0 Å². The number of hydrogen-bond donors (Lipinski definition) is 1. The third-order valence-electron chi connectivity index (χ3n) is 2.45. The summed E-state index contributed by atoms with van der Waals surface area (Å²) in [5.74, 6) is 0.834. The number of fused-ring (bicyclic) bond motifs is 1. The van der Waals surface area contributed by atoms with Crippen molar-refractivity contribution in [2.75, 3.05) is 0 Å².